The molecule has 2 rings (SSSR count). The van der Waals surface area contributed by atoms with Gasteiger partial charge in [-0.3, -0.25) is 4.79 Å². The first-order chi connectivity index (χ1) is 9.77. The maximum Gasteiger partial charge on any atom is 0.324 e. The Morgan fingerprint density at radius 1 is 1.48 bits per heavy atom. The first kappa shape index (κ1) is 15.8. The quantitative estimate of drug-likeness (QED) is 0.844. The molecule has 0 spiro atoms. The number of hydrogen-bond acceptors (Lipinski definition) is 5. The molecule has 2 unspecified atom stereocenters. The van der Waals surface area contributed by atoms with E-state index in [2.05, 4.69) is 5.32 Å². The van der Waals surface area contributed by atoms with E-state index in [0.717, 1.165) is 6.26 Å². The van der Waals surface area contributed by atoms with Gasteiger partial charge in [-0.25, -0.2) is 8.42 Å². The molecule has 1 fully saturated rings. The molecule has 1 saturated carbocycles. The summed E-state index contributed by atoms with van der Waals surface area (Å²) >= 11 is 0. The van der Waals surface area contributed by atoms with Crippen molar-refractivity contribution in [2.24, 2.45) is 0 Å². The lowest BCUT2D eigenvalue weighted by Crippen LogP contribution is -2.48. The van der Waals surface area contributed by atoms with Crippen molar-refractivity contribution in [2.75, 3.05) is 13.3 Å². The molecule has 1 aliphatic carbocycles. The number of aliphatic carboxylic acids is 1. The summed E-state index contributed by atoms with van der Waals surface area (Å²) in [6.45, 7) is 0. The number of ether oxygens (including phenoxy) is 1. The van der Waals surface area contributed by atoms with Gasteiger partial charge in [0.15, 0.2) is 9.84 Å². The fourth-order valence-electron chi connectivity index (χ4n) is 2.60. The maximum atomic E-state index is 11.5. The van der Waals surface area contributed by atoms with Crippen LogP contribution in [0.2, 0.25) is 0 Å². The van der Waals surface area contributed by atoms with Crippen molar-refractivity contribution in [1.82, 2.24) is 5.32 Å². The Hall–Kier alpha value is -1.60. The summed E-state index contributed by atoms with van der Waals surface area (Å²) in [4.78, 5) is 11.5. The second-order valence-corrected chi connectivity index (χ2v) is 7.38. The Kier molecular flexibility index (Phi) is 4.25. The number of rotatable bonds is 5. The Balaban J connectivity index is 2.12. The smallest absolute Gasteiger partial charge is 0.324 e. The number of carboxylic acid groups (broad SMARTS) is 1. The molecular weight excluding hydrogens is 294 g/mol. The number of sulfone groups is 1. The van der Waals surface area contributed by atoms with Crippen molar-refractivity contribution in [3.63, 3.8) is 0 Å². The van der Waals surface area contributed by atoms with Gasteiger partial charge in [0.2, 0.25) is 0 Å². The number of carbonyl (C=O) groups is 1. The molecule has 0 bridgehead atoms. The molecule has 1 aromatic rings. The zero-order valence-electron chi connectivity index (χ0n) is 12.0. The van der Waals surface area contributed by atoms with E-state index in [1.165, 1.54) is 12.1 Å². The van der Waals surface area contributed by atoms with E-state index in [0.29, 0.717) is 25.0 Å². The zero-order chi connectivity index (χ0) is 15.7. The minimum absolute atomic E-state index is 0.191. The number of hydrogen-bond donors (Lipinski definition) is 2. The molecule has 0 saturated heterocycles. The predicted octanol–water partition coefficient (Wildman–Crippen LogP) is 1.06. The van der Waals surface area contributed by atoms with Gasteiger partial charge < -0.3 is 15.2 Å². The van der Waals surface area contributed by atoms with Crippen LogP contribution >= 0.6 is 0 Å². The molecular formula is C14H19NO5S. The number of benzene rings is 1. The number of nitrogens with one attached hydrogen (secondary N) is 1. The highest BCUT2D eigenvalue weighted by molar-refractivity contribution is 7.90. The van der Waals surface area contributed by atoms with Crippen LogP contribution in [0.4, 0.5) is 0 Å². The van der Waals surface area contributed by atoms with Gasteiger partial charge in [0.05, 0.1) is 4.90 Å². The van der Waals surface area contributed by atoms with Gasteiger partial charge in [-0.2, -0.15) is 0 Å². The van der Waals surface area contributed by atoms with Gasteiger partial charge in [-0.1, -0.05) is 6.07 Å². The van der Waals surface area contributed by atoms with Crippen molar-refractivity contribution < 1.29 is 23.1 Å². The van der Waals surface area contributed by atoms with E-state index in [1.54, 1.807) is 19.2 Å². The van der Waals surface area contributed by atoms with Crippen LogP contribution in [0.1, 0.15) is 19.3 Å². The SMILES string of the molecule is CNC1(C(=O)O)CCC(Oc2cccc(S(C)(=O)=O)c2)C1. The molecule has 7 heteroatoms. The monoisotopic (exact) mass is 313 g/mol. The van der Waals surface area contributed by atoms with E-state index in [9.17, 15) is 18.3 Å². The molecule has 2 N–H and O–H groups in total. The Morgan fingerprint density at radius 3 is 2.71 bits per heavy atom. The van der Waals surface area contributed by atoms with Gasteiger partial charge in [-0.15, -0.1) is 0 Å². The van der Waals surface area contributed by atoms with E-state index < -0.39 is 21.3 Å². The average Bonchev–Trinajstić information content (AvgIpc) is 2.83. The summed E-state index contributed by atoms with van der Waals surface area (Å²) in [6.07, 6.45) is 2.33. The van der Waals surface area contributed by atoms with Crippen LogP contribution in [0.15, 0.2) is 29.2 Å². The summed E-state index contributed by atoms with van der Waals surface area (Å²) < 4.78 is 28.8. The lowest BCUT2D eigenvalue weighted by Gasteiger charge is -2.23. The van der Waals surface area contributed by atoms with E-state index in [4.69, 9.17) is 4.74 Å². The summed E-state index contributed by atoms with van der Waals surface area (Å²) in [5.41, 5.74) is -0.959. The van der Waals surface area contributed by atoms with Gasteiger partial charge in [0.1, 0.15) is 17.4 Å². The molecule has 21 heavy (non-hydrogen) atoms. The highest BCUT2D eigenvalue weighted by Crippen LogP contribution is 2.33. The molecule has 116 valence electrons. The average molecular weight is 313 g/mol. The third-order valence-corrected chi connectivity index (χ3v) is 5.00. The summed E-state index contributed by atoms with van der Waals surface area (Å²) in [5, 5.41) is 12.2. The van der Waals surface area contributed by atoms with E-state index >= 15 is 0 Å². The lowest BCUT2D eigenvalue weighted by atomic mass is 9.98. The second-order valence-electron chi connectivity index (χ2n) is 5.37. The van der Waals surface area contributed by atoms with Crippen LogP contribution in [0.25, 0.3) is 0 Å². The molecule has 0 amide bonds. The zero-order valence-corrected chi connectivity index (χ0v) is 12.8. The molecule has 0 radical (unpaired) electrons. The summed E-state index contributed by atoms with van der Waals surface area (Å²) in [7, 11) is -1.66. The molecule has 6 nitrogen and oxygen atoms in total. The van der Waals surface area contributed by atoms with Gasteiger partial charge >= 0.3 is 5.97 Å². The van der Waals surface area contributed by atoms with Crippen LogP contribution in [-0.4, -0.2) is 44.4 Å². The fourth-order valence-corrected chi connectivity index (χ4v) is 3.26. The third kappa shape index (κ3) is 3.36. The van der Waals surface area contributed by atoms with Crippen molar-refractivity contribution in [3.8, 4) is 5.75 Å². The Bertz CT molecular complexity index is 643. The number of likely N-dealkylation sites (N-methyl/N-ethyl adjacent to an activating group) is 1. The van der Waals surface area contributed by atoms with Crippen LogP contribution < -0.4 is 10.1 Å². The van der Waals surface area contributed by atoms with Crippen molar-refractivity contribution in [1.29, 1.82) is 0 Å². The Morgan fingerprint density at radius 2 is 2.19 bits per heavy atom. The molecule has 2 atom stereocenters. The topological polar surface area (TPSA) is 92.7 Å². The van der Waals surface area contributed by atoms with E-state index in [1.807, 2.05) is 0 Å². The second kappa shape index (κ2) is 5.65. The largest absolute Gasteiger partial charge is 0.490 e. The van der Waals surface area contributed by atoms with Crippen molar-refractivity contribution in [3.05, 3.63) is 24.3 Å². The normalized spacial score (nSPS) is 25.7. The van der Waals surface area contributed by atoms with E-state index in [-0.39, 0.29) is 11.0 Å². The van der Waals surface area contributed by atoms with Crippen LogP contribution in [0.5, 0.6) is 5.75 Å². The fraction of sp³-hybridized carbons (Fsp3) is 0.500. The lowest BCUT2D eigenvalue weighted by molar-refractivity contribution is -0.144. The molecule has 0 aliphatic heterocycles. The summed E-state index contributed by atoms with van der Waals surface area (Å²) in [6, 6.07) is 6.26. The van der Waals surface area contributed by atoms with Gasteiger partial charge in [-0.05, 0) is 38.1 Å². The molecule has 0 heterocycles. The van der Waals surface area contributed by atoms with Gasteiger partial charge in [0, 0.05) is 12.7 Å². The van der Waals surface area contributed by atoms with Crippen molar-refractivity contribution >= 4 is 15.8 Å². The van der Waals surface area contributed by atoms with Crippen LogP contribution in [0, 0.1) is 0 Å². The first-order valence-electron chi connectivity index (χ1n) is 6.66. The maximum absolute atomic E-state index is 11.5. The summed E-state index contributed by atoms with van der Waals surface area (Å²) in [5.74, 6) is -0.443. The Labute approximate surface area is 124 Å². The minimum atomic E-state index is -3.29. The highest BCUT2D eigenvalue weighted by atomic mass is 32.2. The molecule has 1 aliphatic rings. The van der Waals surface area contributed by atoms with Gasteiger partial charge in [0.25, 0.3) is 0 Å². The highest BCUT2D eigenvalue weighted by Gasteiger charge is 2.45. The first-order valence-corrected chi connectivity index (χ1v) is 8.55. The van der Waals surface area contributed by atoms with Crippen LogP contribution in [-0.2, 0) is 14.6 Å². The molecule has 1 aromatic carbocycles. The third-order valence-electron chi connectivity index (χ3n) is 3.89. The van der Waals surface area contributed by atoms with Crippen LogP contribution in [0.3, 0.4) is 0 Å². The number of carboxylic acids is 1. The standard InChI is InChI=1S/C14H19NO5S/c1-15-14(13(16)17)7-6-11(9-14)20-10-4-3-5-12(8-10)21(2,18)19/h3-5,8,11,15H,6-7,9H2,1-2H3,(H,16,17). The van der Waals surface area contributed by atoms with Crippen molar-refractivity contribution in [2.45, 2.75) is 35.8 Å². The molecule has 0 aromatic heterocycles. The predicted molar refractivity (Wildman–Crippen MR) is 77.2 cm³/mol. The minimum Gasteiger partial charge on any atom is -0.490 e.